The fourth-order valence-electron chi connectivity index (χ4n) is 2.71. The lowest BCUT2D eigenvalue weighted by Gasteiger charge is -2.29. The molecule has 22 heavy (non-hydrogen) atoms. The minimum absolute atomic E-state index is 0.0983. The average molecular weight is 312 g/mol. The Morgan fingerprint density at radius 2 is 2.05 bits per heavy atom. The van der Waals surface area contributed by atoms with Gasteiger partial charge < -0.3 is 4.90 Å². The van der Waals surface area contributed by atoms with Crippen molar-refractivity contribution in [2.45, 2.75) is 31.3 Å². The quantitative estimate of drug-likeness (QED) is 0.806. The average Bonchev–Trinajstić information content (AvgIpc) is 2.59. The molecule has 3 nitrogen and oxygen atoms in total. The van der Waals surface area contributed by atoms with Crippen LogP contribution in [0.1, 0.15) is 34.8 Å². The standard InChI is InChI=1S/C18H20N2OS/c1-2-12-22-17-16(8-5-10-19-17)18(21)20-11-9-14-6-3-4-7-15(14)13-20/h3-8,10H,2,9,11-13H2,1H3. The van der Waals surface area contributed by atoms with Crippen LogP contribution in [0.3, 0.4) is 0 Å². The maximum atomic E-state index is 12.9. The van der Waals surface area contributed by atoms with Gasteiger partial charge in [-0.05, 0) is 41.9 Å². The van der Waals surface area contributed by atoms with Crippen molar-refractivity contribution >= 4 is 17.7 Å². The molecule has 0 saturated heterocycles. The number of hydrogen-bond donors (Lipinski definition) is 0. The van der Waals surface area contributed by atoms with Gasteiger partial charge in [0.1, 0.15) is 5.03 Å². The molecule has 2 aromatic rings. The summed E-state index contributed by atoms with van der Waals surface area (Å²) >= 11 is 1.67. The molecule has 0 unspecified atom stereocenters. The Morgan fingerprint density at radius 1 is 1.23 bits per heavy atom. The highest BCUT2D eigenvalue weighted by Crippen LogP contribution is 2.25. The van der Waals surface area contributed by atoms with Crippen molar-refractivity contribution in [3.05, 3.63) is 59.3 Å². The fraction of sp³-hybridized carbons (Fsp3) is 0.333. The molecule has 4 heteroatoms. The first-order valence-corrected chi connectivity index (χ1v) is 8.72. The van der Waals surface area contributed by atoms with Gasteiger partial charge in [0.15, 0.2) is 0 Å². The van der Waals surface area contributed by atoms with Crippen LogP contribution < -0.4 is 0 Å². The Hall–Kier alpha value is -1.81. The monoisotopic (exact) mass is 312 g/mol. The minimum Gasteiger partial charge on any atom is -0.334 e. The number of aromatic nitrogens is 1. The molecule has 1 amide bonds. The van der Waals surface area contributed by atoms with Crippen LogP contribution >= 0.6 is 11.8 Å². The van der Waals surface area contributed by atoms with E-state index in [1.54, 1.807) is 18.0 Å². The molecule has 1 aliphatic rings. The van der Waals surface area contributed by atoms with E-state index in [4.69, 9.17) is 0 Å². The number of benzene rings is 1. The molecule has 1 aromatic heterocycles. The number of fused-ring (bicyclic) bond motifs is 1. The van der Waals surface area contributed by atoms with Crippen molar-refractivity contribution in [3.63, 3.8) is 0 Å². The summed E-state index contributed by atoms with van der Waals surface area (Å²) in [5.41, 5.74) is 3.35. The molecular formula is C18H20N2OS. The smallest absolute Gasteiger partial charge is 0.256 e. The molecule has 1 aromatic carbocycles. The third-order valence-electron chi connectivity index (χ3n) is 3.86. The van der Waals surface area contributed by atoms with Crippen molar-refractivity contribution in [1.82, 2.24) is 9.88 Å². The van der Waals surface area contributed by atoms with E-state index >= 15 is 0 Å². The van der Waals surface area contributed by atoms with Gasteiger partial charge in [0.2, 0.25) is 0 Å². The van der Waals surface area contributed by atoms with Crippen LogP contribution in [-0.4, -0.2) is 28.1 Å². The van der Waals surface area contributed by atoms with Gasteiger partial charge in [0, 0.05) is 19.3 Å². The summed E-state index contributed by atoms with van der Waals surface area (Å²) in [6.45, 7) is 3.61. The van der Waals surface area contributed by atoms with Gasteiger partial charge in [-0.15, -0.1) is 11.8 Å². The van der Waals surface area contributed by atoms with E-state index in [0.717, 1.165) is 35.7 Å². The zero-order valence-corrected chi connectivity index (χ0v) is 13.6. The van der Waals surface area contributed by atoms with Crippen LogP contribution in [0.15, 0.2) is 47.6 Å². The predicted octanol–water partition coefficient (Wildman–Crippen LogP) is 3.78. The SMILES string of the molecule is CCCSc1ncccc1C(=O)N1CCc2ccccc2C1. The lowest BCUT2D eigenvalue weighted by molar-refractivity contribution is 0.0730. The zero-order valence-electron chi connectivity index (χ0n) is 12.8. The van der Waals surface area contributed by atoms with Gasteiger partial charge in [-0.2, -0.15) is 0 Å². The van der Waals surface area contributed by atoms with Crippen molar-refractivity contribution in [1.29, 1.82) is 0 Å². The molecule has 0 saturated carbocycles. The van der Waals surface area contributed by atoms with E-state index in [1.165, 1.54) is 11.1 Å². The molecule has 0 atom stereocenters. The summed E-state index contributed by atoms with van der Waals surface area (Å²) < 4.78 is 0. The first-order chi connectivity index (χ1) is 10.8. The highest BCUT2D eigenvalue weighted by atomic mass is 32.2. The Balaban J connectivity index is 1.80. The first kappa shape index (κ1) is 15.1. The summed E-state index contributed by atoms with van der Waals surface area (Å²) in [7, 11) is 0. The van der Waals surface area contributed by atoms with Gasteiger partial charge >= 0.3 is 0 Å². The number of carbonyl (C=O) groups excluding carboxylic acids is 1. The number of carbonyl (C=O) groups is 1. The van der Waals surface area contributed by atoms with Crippen LogP contribution in [0.5, 0.6) is 0 Å². The minimum atomic E-state index is 0.0983. The zero-order chi connectivity index (χ0) is 15.4. The number of hydrogen-bond acceptors (Lipinski definition) is 3. The van der Waals surface area contributed by atoms with Crippen molar-refractivity contribution in [2.75, 3.05) is 12.3 Å². The molecule has 0 spiro atoms. The largest absolute Gasteiger partial charge is 0.334 e. The van der Waals surface area contributed by atoms with Crippen LogP contribution in [0.25, 0.3) is 0 Å². The van der Waals surface area contributed by atoms with Crippen LogP contribution in [0.4, 0.5) is 0 Å². The third-order valence-corrected chi connectivity index (χ3v) is 5.07. The Kier molecular flexibility index (Phi) is 4.78. The van der Waals surface area contributed by atoms with Crippen LogP contribution in [0, 0.1) is 0 Å². The topological polar surface area (TPSA) is 33.2 Å². The molecule has 114 valence electrons. The Morgan fingerprint density at radius 3 is 2.86 bits per heavy atom. The van der Waals surface area contributed by atoms with E-state index in [2.05, 4.69) is 30.1 Å². The molecular weight excluding hydrogens is 292 g/mol. The molecule has 0 radical (unpaired) electrons. The van der Waals surface area contributed by atoms with Crippen molar-refractivity contribution < 1.29 is 4.79 Å². The lowest BCUT2D eigenvalue weighted by atomic mass is 9.99. The second-order valence-electron chi connectivity index (χ2n) is 5.45. The summed E-state index contributed by atoms with van der Waals surface area (Å²) in [6.07, 6.45) is 3.77. The predicted molar refractivity (Wildman–Crippen MR) is 90.1 cm³/mol. The molecule has 0 fully saturated rings. The molecule has 3 rings (SSSR count). The molecule has 2 heterocycles. The summed E-state index contributed by atoms with van der Waals surface area (Å²) in [6, 6.07) is 12.1. The molecule has 0 bridgehead atoms. The van der Waals surface area contributed by atoms with Crippen molar-refractivity contribution in [2.24, 2.45) is 0 Å². The third kappa shape index (κ3) is 3.17. The number of rotatable bonds is 4. The number of amides is 1. The highest BCUT2D eigenvalue weighted by molar-refractivity contribution is 7.99. The van der Waals surface area contributed by atoms with Crippen LogP contribution in [-0.2, 0) is 13.0 Å². The maximum Gasteiger partial charge on any atom is 0.256 e. The highest BCUT2D eigenvalue weighted by Gasteiger charge is 2.23. The fourth-order valence-corrected chi connectivity index (χ4v) is 3.55. The summed E-state index contributed by atoms with van der Waals surface area (Å²) in [5.74, 6) is 1.08. The molecule has 1 aliphatic heterocycles. The number of thioether (sulfide) groups is 1. The summed E-state index contributed by atoms with van der Waals surface area (Å²) in [4.78, 5) is 19.2. The molecule has 0 aliphatic carbocycles. The Bertz CT molecular complexity index is 672. The van der Waals surface area contributed by atoms with Gasteiger partial charge in [-0.25, -0.2) is 4.98 Å². The Labute approximate surface area is 135 Å². The van der Waals surface area contributed by atoms with E-state index < -0.39 is 0 Å². The van der Waals surface area contributed by atoms with E-state index in [0.29, 0.717) is 6.54 Å². The van der Waals surface area contributed by atoms with E-state index in [1.807, 2.05) is 23.1 Å². The van der Waals surface area contributed by atoms with E-state index in [9.17, 15) is 4.79 Å². The molecule has 0 N–H and O–H groups in total. The van der Waals surface area contributed by atoms with Crippen LogP contribution in [0.2, 0.25) is 0 Å². The maximum absolute atomic E-state index is 12.9. The van der Waals surface area contributed by atoms with Gasteiger partial charge in [-0.3, -0.25) is 4.79 Å². The van der Waals surface area contributed by atoms with Crippen molar-refractivity contribution in [3.8, 4) is 0 Å². The summed E-state index contributed by atoms with van der Waals surface area (Å²) in [5, 5.41) is 0.855. The van der Waals surface area contributed by atoms with Gasteiger partial charge in [-0.1, -0.05) is 31.2 Å². The van der Waals surface area contributed by atoms with Gasteiger partial charge in [0.05, 0.1) is 5.56 Å². The first-order valence-electron chi connectivity index (χ1n) is 7.73. The second-order valence-corrected chi connectivity index (χ2v) is 6.53. The number of nitrogens with zero attached hydrogens (tertiary/aromatic N) is 2. The lowest BCUT2D eigenvalue weighted by Crippen LogP contribution is -2.36. The van der Waals surface area contributed by atoms with E-state index in [-0.39, 0.29) is 5.91 Å². The van der Waals surface area contributed by atoms with Gasteiger partial charge in [0.25, 0.3) is 5.91 Å². The second kappa shape index (κ2) is 6.97. The number of pyridine rings is 1. The normalized spacial score (nSPS) is 13.8.